The number of benzene rings is 1. The first-order chi connectivity index (χ1) is 14.5. The van der Waals surface area contributed by atoms with Crippen LogP contribution in [0.2, 0.25) is 10.0 Å². The van der Waals surface area contributed by atoms with Crippen molar-refractivity contribution in [3.05, 3.63) is 74.9 Å². The number of furan rings is 1. The number of amides is 1. The number of rotatable bonds is 4. The molecule has 0 N–H and O–H groups in total. The second-order valence-corrected chi connectivity index (χ2v) is 8.31. The Bertz CT molecular complexity index is 1170. The van der Waals surface area contributed by atoms with Crippen molar-refractivity contribution in [2.24, 2.45) is 4.99 Å². The molecule has 8 heteroatoms. The molecule has 0 unspecified atom stereocenters. The molecule has 0 spiro atoms. The Morgan fingerprint density at radius 1 is 1.13 bits per heavy atom. The van der Waals surface area contributed by atoms with Gasteiger partial charge < -0.3 is 4.42 Å². The third-order valence-corrected chi connectivity index (χ3v) is 6.03. The Morgan fingerprint density at radius 2 is 1.87 bits per heavy atom. The third kappa shape index (κ3) is 4.17. The largest absolute Gasteiger partial charge is 0.457 e. The summed E-state index contributed by atoms with van der Waals surface area (Å²) in [5.74, 6) is 1.52. The van der Waals surface area contributed by atoms with Gasteiger partial charge in [-0.25, -0.2) is 9.98 Å². The Balaban J connectivity index is 1.65. The van der Waals surface area contributed by atoms with E-state index in [9.17, 15) is 4.79 Å². The van der Waals surface area contributed by atoms with Gasteiger partial charge >= 0.3 is 0 Å². The molecule has 1 aliphatic heterocycles. The minimum absolute atomic E-state index is 0.123. The number of thioether (sulfide) groups is 1. The summed E-state index contributed by atoms with van der Waals surface area (Å²) in [5.41, 5.74) is 1.49. The van der Waals surface area contributed by atoms with E-state index in [0.29, 0.717) is 49.6 Å². The summed E-state index contributed by atoms with van der Waals surface area (Å²) in [4.78, 5) is 23.9. The number of carbonyl (C=O) groups excluding carboxylic acids is 1. The average molecular weight is 458 g/mol. The molecule has 2 aromatic heterocycles. The van der Waals surface area contributed by atoms with Crippen LogP contribution in [-0.4, -0.2) is 27.5 Å². The minimum atomic E-state index is -0.123. The fourth-order valence-corrected chi connectivity index (χ4v) is 4.60. The lowest BCUT2D eigenvalue weighted by Gasteiger charge is -2.11. The van der Waals surface area contributed by atoms with Gasteiger partial charge in [-0.15, -0.1) is 0 Å². The number of amidine groups is 1. The standard InChI is InChI=1S/C22H17Cl2N3O2S/c1-3-27-21(28)18(30-22(27)26-19-9-4-6-13(2)25-19)12-14-10-11-17(29-14)20-15(23)7-5-8-16(20)24/h4-12H,3H2,1-2H3/b18-12+,26-22+. The quantitative estimate of drug-likeness (QED) is 0.415. The molecule has 5 nitrogen and oxygen atoms in total. The molecule has 1 aliphatic rings. The fourth-order valence-electron chi connectivity index (χ4n) is 2.99. The molecule has 4 rings (SSSR count). The van der Waals surface area contributed by atoms with Crippen LogP contribution in [0, 0.1) is 6.92 Å². The van der Waals surface area contributed by atoms with Crippen LogP contribution in [0.1, 0.15) is 18.4 Å². The van der Waals surface area contributed by atoms with Crippen LogP contribution in [0.15, 0.2) is 62.8 Å². The molecule has 30 heavy (non-hydrogen) atoms. The summed E-state index contributed by atoms with van der Waals surface area (Å²) in [5, 5.41) is 1.59. The molecule has 0 bridgehead atoms. The maximum absolute atomic E-state index is 12.8. The topological polar surface area (TPSA) is 58.7 Å². The van der Waals surface area contributed by atoms with Crippen molar-refractivity contribution in [3.63, 3.8) is 0 Å². The van der Waals surface area contributed by atoms with E-state index in [-0.39, 0.29) is 5.91 Å². The summed E-state index contributed by atoms with van der Waals surface area (Å²) in [6.07, 6.45) is 1.70. The van der Waals surface area contributed by atoms with Crippen molar-refractivity contribution in [2.45, 2.75) is 13.8 Å². The van der Waals surface area contributed by atoms with Gasteiger partial charge in [0.1, 0.15) is 11.5 Å². The first-order valence-electron chi connectivity index (χ1n) is 9.24. The van der Waals surface area contributed by atoms with Gasteiger partial charge in [-0.1, -0.05) is 35.3 Å². The van der Waals surface area contributed by atoms with E-state index in [4.69, 9.17) is 27.6 Å². The predicted octanol–water partition coefficient (Wildman–Crippen LogP) is 6.58. The van der Waals surface area contributed by atoms with Crippen LogP contribution >= 0.6 is 35.0 Å². The SMILES string of the molecule is CCN1C(=O)/C(=C\c2ccc(-c3c(Cl)cccc3Cl)o2)S/C1=N/c1cccc(C)n1. The van der Waals surface area contributed by atoms with Gasteiger partial charge in [-0.2, -0.15) is 0 Å². The number of halogens is 2. The van der Waals surface area contributed by atoms with Crippen LogP contribution in [0.4, 0.5) is 5.82 Å². The van der Waals surface area contributed by atoms with E-state index in [2.05, 4.69) is 9.98 Å². The van der Waals surface area contributed by atoms with Crippen molar-refractivity contribution < 1.29 is 9.21 Å². The Kier molecular flexibility index (Phi) is 5.99. The van der Waals surface area contributed by atoms with E-state index in [1.54, 1.807) is 41.3 Å². The van der Waals surface area contributed by atoms with Gasteiger partial charge in [0, 0.05) is 18.3 Å². The van der Waals surface area contributed by atoms with Crippen LogP contribution in [0.5, 0.6) is 0 Å². The van der Waals surface area contributed by atoms with Crippen LogP contribution in [0.25, 0.3) is 17.4 Å². The lowest BCUT2D eigenvalue weighted by molar-refractivity contribution is -0.122. The maximum atomic E-state index is 12.8. The van der Waals surface area contributed by atoms with E-state index in [1.165, 1.54) is 11.8 Å². The second kappa shape index (κ2) is 8.68. The van der Waals surface area contributed by atoms with Crippen molar-refractivity contribution >= 4 is 57.9 Å². The van der Waals surface area contributed by atoms with Crippen molar-refractivity contribution in [2.75, 3.05) is 6.54 Å². The summed E-state index contributed by atoms with van der Waals surface area (Å²) >= 11 is 13.8. The number of nitrogens with zero attached hydrogens (tertiary/aromatic N) is 3. The molecule has 1 aromatic carbocycles. The highest BCUT2D eigenvalue weighted by Crippen LogP contribution is 2.37. The average Bonchev–Trinajstić information content (AvgIpc) is 3.27. The molecule has 0 atom stereocenters. The van der Waals surface area contributed by atoms with E-state index in [1.807, 2.05) is 32.0 Å². The lowest BCUT2D eigenvalue weighted by Crippen LogP contribution is -2.28. The normalized spacial score (nSPS) is 16.8. The molecular weight excluding hydrogens is 441 g/mol. The van der Waals surface area contributed by atoms with Gasteiger partial charge in [0.15, 0.2) is 11.0 Å². The van der Waals surface area contributed by atoms with Crippen LogP contribution in [-0.2, 0) is 4.79 Å². The summed E-state index contributed by atoms with van der Waals surface area (Å²) < 4.78 is 5.90. The smallest absolute Gasteiger partial charge is 0.266 e. The first kappa shape index (κ1) is 20.7. The molecule has 0 aliphatic carbocycles. The van der Waals surface area contributed by atoms with Gasteiger partial charge in [-0.3, -0.25) is 9.69 Å². The minimum Gasteiger partial charge on any atom is -0.457 e. The fraction of sp³-hybridized carbons (Fsp3) is 0.136. The molecule has 152 valence electrons. The first-order valence-corrected chi connectivity index (χ1v) is 10.8. The van der Waals surface area contributed by atoms with Crippen LogP contribution < -0.4 is 0 Å². The van der Waals surface area contributed by atoms with Gasteiger partial charge in [-0.05, 0) is 62.0 Å². The van der Waals surface area contributed by atoms with Crippen molar-refractivity contribution in [3.8, 4) is 11.3 Å². The molecular formula is C22H17Cl2N3O2S. The Labute approximate surface area is 188 Å². The number of pyridine rings is 1. The van der Waals surface area contributed by atoms with E-state index in [0.717, 1.165) is 5.69 Å². The molecule has 1 amide bonds. The molecule has 0 radical (unpaired) electrons. The molecule has 1 saturated heterocycles. The predicted molar refractivity (Wildman–Crippen MR) is 123 cm³/mol. The van der Waals surface area contributed by atoms with Crippen molar-refractivity contribution in [1.29, 1.82) is 0 Å². The van der Waals surface area contributed by atoms with Crippen molar-refractivity contribution in [1.82, 2.24) is 9.88 Å². The molecule has 1 fully saturated rings. The zero-order valence-corrected chi connectivity index (χ0v) is 18.6. The molecule has 3 aromatic rings. The number of likely N-dealkylation sites (N-methyl/N-ethyl adjacent to an activating group) is 1. The summed E-state index contributed by atoms with van der Waals surface area (Å²) in [7, 11) is 0. The number of carbonyl (C=O) groups is 1. The zero-order valence-electron chi connectivity index (χ0n) is 16.2. The number of aryl methyl sites for hydroxylation is 1. The molecule has 0 saturated carbocycles. The number of hydrogen-bond donors (Lipinski definition) is 0. The summed E-state index contributed by atoms with van der Waals surface area (Å²) in [6, 6.07) is 14.4. The van der Waals surface area contributed by atoms with Gasteiger partial charge in [0.2, 0.25) is 0 Å². The maximum Gasteiger partial charge on any atom is 0.266 e. The highest BCUT2D eigenvalue weighted by molar-refractivity contribution is 8.18. The molecule has 3 heterocycles. The van der Waals surface area contributed by atoms with E-state index < -0.39 is 0 Å². The highest BCUT2D eigenvalue weighted by Gasteiger charge is 2.32. The van der Waals surface area contributed by atoms with Gasteiger partial charge in [0.05, 0.1) is 20.5 Å². The van der Waals surface area contributed by atoms with E-state index >= 15 is 0 Å². The monoisotopic (exact) mass is 457 g/mol. The Morgan fingerprint density at radius 3 is 2.57 bits per heavy atom. The Hall–Kier alpha value is -2.54. The third-order valence-electron chi connectivity index (χ3n) is 4.40. The second-order valence-electron chi connectivity index (χ2n) is 6.49. The number of aliphatic imine (C=N–C) groups is 1. The summed E-state index contributed by atoms with van der Waals surface area (Å²) in [6.45, 7) is 4.32. The number of hydrogen-bond acceptors (Lipinski definition) is 5. The highest BCUT2D eigenvalue weighted by atomic mass is 35.5. The van der Waals surface area contributed by atoms with Crippen LogP contribution in [0.3, 0.4) is 0 Å². The lowest BCUT2D eigenvalue weighted by atomic mass is 10.2. The zero-order chi connectivity index (χ0) is 21.3. The van der Waals surface area contributed by atoms with Gasteiger partial charge in [0.25, 0.3) is 5.91 Å². The number of aromatic nitrogens is 1.